The summed E-state index contributed by atoms with van der Waals surface area (Å²) >= 11 is 3.36. The van der Waals surface area contributed by atoms with Crippen molar-refractivity contribution < 1.29 is 14.3 Å². The highest BCUT2D eigenvalue weighted by Gasteiger charge is 2.13. The third kappa shape index (κ3) is 5.10. The van der Waals surface area contributed by atoms with Crippen LogP contribution in [0.2, 0.25) is 0 Å². The second-order valence-corrected chi connectivity index (χ2v) is 5.62. The van der Waals surface area contributed by atoms with Gasteiger partial charge in [0.25, 0.3) is 0 Å². The maximum Gasteiger partial charge on any atom is 0.340 e. The summed E-state index contributed by atoms with van der Waals surface area (Å²) in [5.74, 6) is -0.462. The van der Waals surface area contributed by atoms with Crippen LogP contribution in [0.4, 0.5) is 10.5 Å². The first kappa shape index (κ1) is 17.0. The second kappa shape index (κ2) is 8.33. The van der Waals surface area contributed by atoms with Crippen LogP contribution in [0, 0.1) is 0 Å². The summed E-state index contributed by atoms with van der Waals surface area (Å²) in [5.41, 5.74) is 1.72. The quantitative estimate of drug-likeness (QED) is 0.776. The average Bonchev–Trinajstić information content (AvgIpc) is 2.55. The molecule has 2 rings (SSSR count). The lowest BCUT2D eigenvalue weighted by atomic mass is 10.2. The number of carbonyl (C=O) groups excluding carboxylic acids is 2. The normalized spacial score (nSPS) is 10.0. The van der Waals surface area contributed by atoms with Crippen LogP contribution >= 0.6 is 15.9 Å². The summed E-state index contributed by atoms with van der Waals surface area (Å²) in [6.45, 7) is 2.41. The molecule has 5 nitrogen and oxygen atoms in total. The van der Waals surface area contributed by atoms with E-state index in [0.29, 0.717) is 17.8 Å². The molecule has 120 valence electrons. The lowest BCUT2D eigenvalue weighted by Crippen LogP contribution is -2.29. The molecule has 2 aromatic carbocycles. The monoisotopic (exact) mass is 376 g/mol. The van der Waals surface area contributed by atoms with Crippen LogP contribution < -0.4 is 10.6 Å². The number of esters is 1. The highest BCUT2D eigenvalue weighted by molar-refractivity contribution is 9.10. The highest BCUT2D eigenvalue weighted by Crippen LogP contribution is 2.16. The predicted octanol–water partition coefficient (Wildman–Crippen LogP) is 3.95. The van der Waals surface area contributed by atoms with Crippen molar-refractivity contribution in [3.05, 3.63) is 64.1 Å². The summed E-state index contributed by atoms with van der Waals surface area (Å²) in [6.07, 6.45) is 0. The summed E-state index contributed by atoms with van der Waals surface area (Å²) < 4.78 is 5.96. The molecule has 0 fully saturated rings. The Labute approximate surface area is 143 Å². The molecule has 6 heteroatoms. The van der Waals surface area contributed by atoms with Gasteiger partial charge in [0.05, 0.1) is 17.9 Å². The topological polar surface area (TPSA) is 67.4 Å². The summed E-state index contributed by atoms with van der Waals surface area (Å²) in [5, 5.41) is 5.42. The van der Waals surface area contributed by atoms with E-state index in [1.807, 2.05) is 24.3 Å². The number of rotatable bonds is 5. The van der Waals surface area contributed by atoms with Gasteiger partial charge in [-0.1, -0.05) is 40.2 Å². The highest BCUT2D eigenvalue weighted by atomic mass is 79.9. The smallest absolute Gasteiger partial charge is 0.340 e. The zero-order chi connectivity index (χ0) is 16.7. The zero-order valence-corrected chi connectivity index (χ0v) is 14.2. The van der Waals surface area contributed by atoms with E-state index in [1.165, 1.54) is 0 Å². The maximum atomic E-state index is 12.0. The van der Waals surface area contributed by atoms with E-state index >= 15 is 0 Å². The molecule has 0 aliphatic carbocycles. The molecule has 0 unspecified atom stereocenters. The van der Waals surface area contributed by atoms with Crippen LogP contribution in [0.1, 0.15) is 22.8 Å². The fourth-order valence-corrected chi connectivity index (χ4v) is 2.19. The van der Waals surface area contributed by atoms with Gasteiger partial charge in [-0.15, -0.1) is 0 Å². The van der Waals surface area contributed by atoms with Gasteiger partial charge in [0.1, 0.15) is 0 Å². The number of carbonyl (C=O) groups is 2. The Morgan fingerprint density at radius 3 is 2.48 bits per heavy atom. The van der Waals surface area contributed by atoms with E-state index in [-0.39, 0.29) is 12.6 Å². The van der Waals surface area contributed by atoms with E-state index in [2.05, 4.69) is 26.6 Å². The molecule has 0 atom stereocenters. The third-order valence-corrected chi connectivity index (χ3v) is 3.57. The Hall–Kier alpha value is -2.34. The molecule has 0 aromatic heterocycles. The Morgan fingerprint density at radius 2 is 1.78 bits per heavy atom. The first-order valence-electron chi connectivity index (χ1n) is 7.15. The number of para-hydroxylation sites is 1. The van der Waals surface area contributed by atoms with Crippen molar-refractivity contribution in [2.24, 2.45) is 0 Å². The molecule has 0 spiro atoms. The summed E-state index contributed by atoms with van der Waals surface area (Å²) in [7, 11) is 0. The number of urea groups is 1. The van der Waals surface area contributed by atoms with Crippen LogP contribution in [0.25, 0.3) is 0 Å². The molecule has 0 aliphatic heterocycles. The summed E-state index contributed by atoms with van der Waals surface area (Å²) in [4.78, 5) is 23.9. The van der Waals surface area contributed by atoms with Crippen LogP contribution in [-0.2, 0) is 11.3 Å². The molecular formula is C17H17BrN2O3. The van der Waals surface area contributed by atoms with E-state index in [4.69, 9.17) is 4.74 Å². The zero-order valence-electron chi connectivity index (χ0n) is 12.6. The molecule has 0 bridgehead atoms. The van der Waals surface area contributed by atoms with Crippen molar-refractivity contribution >= 4 is 33.6 Å². The molecular weight excluding hydrogens is 360 g/mol. The lowest BCUT2D eigenvalue weighted by molar-refractivity contribution is 0.0527. The van der Waals surface area contributed by atoms with E-state index in [1.54, 1.807) is 31.2 Å². The number of halogens is 1. The first-order valence-corrected chi connectivity index (χ1v) is 7.95. The summed E-state index contributed by atoms with van der Waals surface area (Å²) in [6, 6.07) is 14.0. The number of anilines is 1. The Bertz CT molecular complexity index is 686. The SMILES string of the molecule is CCOC(=O)c1ccccc1NC(=O)NCc1ccc(Br)cc1. The molecule has 0 saturated carbocycles. The number of amides is 2. The Kier molecular flexibility index (Phi) is 6.17. The van der Waals surface area contributed by atoms with Crippen molar-refractivity contribution in [1.82, 2.24) is 5.32 Å². The van der Waals surface area contributed by atoms with E-state index < -0.39 is 5.97 Å². The molecule has 0 radical (unpaired) electrons. The number of hydrogen-bond acceptors (Lipinski definition) is 3. The molecule has 2 amide bonds. The molecule has 2 aromatic rings. The molecule has 0 aliphatic rings. The predicted molar refractivity (Wildman–Crippen MR) is 92.4 cm³/mol. The van der Waals surface area contributed by atoms with Gasteiger partial charge in [-0.2, -0.15) is 0 Å². The molecule has 23 heavy (non-hydrogen) atoms. The standard InChI is InChI=1S/C17H17BrN2O3/c1-2-23-16(21)14-5-3-4-6-15(14)20-17(22)19-11-12-7-9-13(18)10-8-12/h3-10H,2,11H2,1H3,(H2,19,20,22). The van der Waals surface area contributed by atoms with Gasteiger partial charge in [-0.05, 0) is 36.8 Å². The Balaban J connectivity index is 1.97. The van der Waals surface area contributed by atoms with Gasteiger partial charge in [-0.3, -0.25) is 0 Å². The van der Waals surface area contributed by atoms with Crippen molar-refractivity contribution in [3.8, 4) is 0 Å². The van der Waals surface area contributed by atoms with E-state index in [0.717, 1.165) is 10.0 Å². The fraction of sp³-hybridized carbons (Fsp3) is 0.176. The molecule has 0 saturated heterocycles. The average molecular weight is 377 g/mol. The lowest BCUT2D eigenvalue weighted by Gasteiger charge is -2.11. The van der Waals surface area contributed by atoms with Crippen LogP contribution in [0.5, 0.6) is 0 Å². The van der Waals surface area contributed by atoms with Gasteiger partial charge < -0.3 is 15.4 Å². The second-order valence-electron chi connectivity index (χ2n) is 4.70. The minimum Gasteiger partial charge on any atom is -0.462 e. The minimum atomic E-state index is -0.462. The number of hydrogen-bond donors (Lipinski definition) is 2. The van der Waals surface area contributed by atoms with Crippen molar-refractivity contribution in [2.75, 3.05) is 11.9 Å². The van der Waals surface area contributed by atoms with Crippen molar-refractivity contribution in [3.63, 3.8) is 0 Å². The first-order chi connectivity index (χ1) is 11.1. The van der Waals surface area contributed by atoms with Crippen molar-refractivity contribution in [1.29, 1.82) is 0 Å². The van der Waals surface area contributed by atoms with Crippen LogP contribution in [0.15, 0.2) is 53.0 Å². The molecule has 0 heterocycles. The van der Waals surface area contributed by atoms with Gasteiger partial charge >= 0.3 is 12.0 Å². The van der Waals surface area contributed by atoms with E-state index in [9.17, 15) is 9.59 Å². The maximum absolute atomic E-state index is 12.0. The number of benzene rings is 2. The van der Waals surface area contributed by atoms with Gasteiger partial charge in [0.15, 0.2) is 0 Å². The van der Waals surface area contributed by atoms with Crippen LogP contribution in [-0.4, -0.2) is 18.6 Å². The number of ether oxygens (including phenoxy) is 1. The largest absolute Gasteiger partial charge is 0.462 e. The van der Waals surface area contributed by atoms with Crippen molar-refractivity contribution in [2.45, 2.75) is 13.5 Å². The van der Waals surface area contributed by atoms with Crippen LogP contribution in [0.3, 0.4) is 0 Å². The molecule has 2 N–H and O–H groups in total. The number of nitrogens with one attached hydrogen (secondary N) is 2. The third-order valence-electron chi connectivity index (χ3n) is 3.04. The van der Waals surface area contributed by atoms with Gasteiger partial charge in [0.2, 0.25) is 0 Å². The van der Waals surface area contributed by atoms with Gasteiger partial charge in [-0.25, -0.2) is 9.59 Å². The minimum absolute atomic E-state index is 0.281. The van der Waals surface area contributed by atoms with Gasteiger partial charge in [0, 0.05) is 11.0 Å². The Morgan fingerprint density at radius 1 is 1.09 bits per heavy atom. The fourth-order valence-electron chi connectivity index (χ4n) is 1.93.